The summed E-state index contributed by atoms with van der Waals surface area (Å²) in [5, 5.41) is 0. The summed E-state index contributed by atoms with van der Waals surface area (Å²) in [4.78, 5) is 1.33. The second kappa shape index (κ2) is 4.84. The Balaban J connectivity index is 2.31. The van der Waals surface area contributed by atoms with Crippen LogP contribution in [0.2, 0.25) is 0 Å². The summed E-state index contributed by atoms with van der Waals surface area (Å²) >= 11 is 12.2. The molecule has 14 heavy (non-hydrogen) atoms. The highest BCUT2D eigenvalue weighted by molar-refractivity contribution is 9.15. The molecule has 0 unspecified atom stereocenters. The lowest BCUT2D eigenvalue weighted by Gasteiger charge is -2.01. The predicted molar refractivity (Wildman–Crippen MR) is 74.9 cm³/mol. The van der Waals surface area contributed by atoms with E-state index >= 15 is 0 Å². The van der Waals surface area contributed by atoms with Crippen molar-refractivity contribution in [3.05, 3.63) is 40.8 Å². The fraction of sp³-hybridized carbons (Fsp3) is 0.100. The Morgan fingerprint density at radius 3 is 2.57 bits per heavy atom. The second-order valence-corrected chi connectivity index (χ2v) is 6.81. The summed E-state index contributed by atoms with van der Waals surface area (Å²) in [5.41, 5.74) is 1.22. The SMILES string of the molecule is S=C1SC/C(=C(/Br)c2ccccc2)S1. The first-order valence-corrected chi connectivity index (χ1v) is 7.06. The van der Waals surface area contributed by atoms with Crippen molar-refractivity contribution in [3.63, 3.8) is 0 Å². The molecule has 1 fully saturated rings. The van der Waals surface area contributed by atoms with Gasteiger partial charge >= 0.3 is 0 Å². The summed E-state index contributed by atoms with van der Waals surface area (Å²) in [5.74, 6) is 0.999. The highest BCUT2D eigenvalue weighted by Gasteiger charge is 2.17. The second-order valence-electron chi connectivity index (χ2n) is 2.74. The van der Waals surface area contributed by atoms with Gasteiger partial charge in [0.1, 0.15) is 3.53 Å². The van der Waals surface area contributed by atoms with Gasteiger partial charge in [0.05, 0.1) is 0 Å². The minimum Gasteiger partial charge on any atom is -0.102 e. The van der Waals surface area contributed by atoms with Gasteiger partial charge in [-0.05, 0) is 21.5 Å². The lowest BCUT2D eigenvalue weighted by molar-refractivity contribution is 1.63. The number of thiocarbonyl (C=S) groups is 1. The van der Waals surface area contributed by atoms with E-state index in [4.69, 9.17) is 12.2 Å². The van der Waals surface area contributed by atoms with Crippen LogP contribution in [-0.2, 0) is 0 Å². The quantitative estimate of drug-likeness (QED) is 0.700. The maximum absolute atomic E-state index is 5.14. The third-order valence-electron chi connectivity index (χ3n) is 1.80. The molecule has 0 saturated carbocycles. The van der Waals surface area contributed by atoms with E-state index in [1.807, 2.05) is 18.2 Å². The number of rotatable bonds is 1. The minimum absolute atomic E-state index is 0.999. The Kier molecular flexibility index (Phi) is 3.71. The Hall–Kier alpha value is 0.230. The minimum atomic E-state index is 0.999. The van der Waals surface area contributed by atoms with Crippen LogP contribution in [0.1, 0.15) is 5.56 Å². The summed E-state index contributed by atoms with van der Waals surface area (Å²) in [6.07, 6.45) is 0. The molecule has 0 spiro atoms. The summed E-state index contributed by atoms with van der Waals surface area (Å²) in [7, 11) is 0. The van der Waals surface area contributed by atoms with Gasteiger partial charge in [-0.2, -0.15) is 0 Å². The van der Waals surface area contributed by atoms with Crippen LogP contribution in [0.5, 0.6) is 0 Å². The number of halogens is 1. The van der Waals surface area contributed by atoms with E-state index < -0.39 is 0 Å². The first kappa shape index (κ1) is 10.7. The van der Waals surface area contributed by atoms with E-state index in [0.29, 0.717) is 0 Å². The number of benzene rings is 1. The molecule has 0 radical (unpaired) electrons. The average molecular weight is 303 g/mol. The van der Waals surface area contributed by atoms with E-state index in [1.165, 1.54) is 15.0 Å². The normalized spacial score (nSPS) is 19.9. The van der Waals surface area contributed by atoms with Crippen LogP contribution in [0.4, 0.5) is 0 Å². The number of hydrogen-bond acceptors (Lipinski definition) is 3. The van der Waals surface area contributed by atoms with Crippen molar-refractivity contribution in [2.75, 3.05) is 5.75 Å². The van der Waals surface area contributed by atoms with Crippen molar-refractivity contribution in [2.24, 2.45) is 0 Å². The number of hydrogen-bond donors (Lipinski definition) is 0. The molecule has 0 aliphatic carbocycles. The van der Waals surface area contributed by atoms with E-state index in [0.717, 1.165) is 9.28 Å². The monoisotopic (exact) mass is 302 g/mol. The lowest BCUT2D eigenvalue weighted by Crippen LogP contribution is -1.80. The summed E-state index contributed by atoms with van der Waals surface area (Å²) < 4.78 is 2.20. The Labute approximate surface area is 106 Å². The van der Waals surface area contributed by atoms with Crippen LogP contribution in [0.3, 0.4) is 0 Å². The highest BCUT2D eigenvalue weighted by Crippen LogP contribution is 2.42. The third-order valence-corrected chi connectivity index (χ3v) is 5.82. The molecule has 2 rings (SSSR count). The zero-order valence-corrected chi connectivity index (χ0v) is 11.2. The van der Waals surface area contributed by atoms with Crippen molar-refractivity contribution in [1.29, 1.82) is 0 Å². The van der Waals surface area contributed by atoms with Crippen LogP contribution in [0.15, 0.2) is 35.2 Å². The largest absolute Gasteiger partial charge is 0.109 e. The van der Waals surface area contributed by atoms with Crippen LogP contribution in [0.25, 0.3) is 4.48 Å². The maximum Gasteiger partial charge on any atom is 0.109 e. The molecule has 0 N–H and O–H groups in total. The van der Waals surface area contributed by atoms with Gasteiger partial charge in [0.15, 0.2) is 0 Å². The molecule has 1 heterocycles. The number of thioether (sulfide) groups is 2. The molecule has 0 aromatic heterocycles. The van der Waals surface area contributed by atoms with E-state index in [9.17, 15) is 0 Å². The lowest BCUT2D eigenvalue weighted by atomic mass is 10.2. The van der Waals surface area contributed by atoms with Crippen molar-refractivity contribution in [3.8, 4) is 0 Å². The van der Waals surface area contributed by atoms with Gasteiger partial charge < -0.3 is 0 Å². The fourth-order valence-corrected chi connectivity index (χ4v) is 4.38. The molecule has 0 bridgehead atoms. The molecular weight excluding hydrogens is 296 g/mol. The van der Waals surface area contributed by atoms with Gasteiger partial charge in [-0.3, -0.25) is 0 Å². The first-order chi connectivity index (χ1) is 6.77. The molecule has 1 aromatic carbocycles. The van der Waals surface area contributed by atoms with E-state index in [-0.39, 0.29) is 0 Å². The molecule has 0 atom stereocenters. The fourth-order valence-electron chi connectivity index (χ4n) is 1.14. The zero-order chi connectivity index (χ0) is 9.97. The van der Waals surface area contributed by atoms with Gasteiger partial charge in [0.25, 0.3) is 0 Å². The standard InChI is InChI=1S/C10H7BrS3/c11-9(7-4-2-1-3-5-7)8-6-13-10(12)14-8/h1-5H,6H2/b9-8-. The Bertz CT molecular complexity index is 384. The van der Waals surface area contributed by atoms with Crippen LogP contribution >= 0.6 is 51.7 Å². The van der Waals surface area contributed by atoms with Gasteiger partial charge in [0, 0.05) is 15.1 Å². The van der Waals surface area contributed by atoms with Crippen LogP contribution in [0, 0.1) is 0 Å². The molecule has 1 aliphatic heterocycles. The highest BCUT2D eigenvalue weighted by atomic mass is 79.9. The topological polar surface area (TPSA) is 0 Å². The predicted octanol–water partition coefficient (Wildman–Crippen LogP) is 4.52. The Morgan fingerprint density at radius 2 is 2.00 bits per heavy atom. The van der Waals surface area contributed by atoms with Crippen LogP contribution in [-0.4, -0.2) is 9.28 Å². The van der Waals surface area contributed by atoms with Crippen molar-refractivity contribution in [2.45, 2.75) is 0 Å². The van der Waals surface area contributed by atoms with Gasteiger partial charge in [-0.15, -0.1) is 11.8 Å². The zero-order valence-electron chi connectivity index (χ0n) is 7.20. The van der Waals surface area contributed by atoms with Crippen molar-refractivity contribution in [1.82, 2.24) is 0 Å². The molecule has 72 valence electrons. The molecular formula is C10H7BrS3. The molecule has 1 saturated heterocycles. The van der Waals surface area contributed by atoms with E-state index in [1.54, 1.807) is 23.5 Å². The molecule has 1 aliphatic rings. The smallest absolute Gasteiger partial charge is 0.102 e. The van der Waals surface area contributed by atoms with Gasteiger partial charge in [-0.25, -0.2) is 0 Å². The third kappa shape index (κ3) is 2.42. The molecule has 4 heteroatoms. The molecule has 0 nitrogen and oxygen atoms in total. The molecule has 0 amide bonds. The Morgan fingerprint density at radius 1 is 1.29 bits per heavy atom. The van der Waals surface area contributed by atoms with Gasteiger partial charge in [-0.1, -0.05) is 54.3 Å². The average Bonchev–Trinajstić information content (AvgIpc) is 2.65. The maximum atomic E-state index is 5.14. The first-order valence-electron chi connectivity index (χ1n) is 4.06. The van der Waals surface area contributed by atoms with Crippen molar-refractivity contribution >= 4 is 59.7 Å². The van der Waals surface area contributed by atoms with E-state index in [2.05, 4.69) is 28.1 Å². The van der Waals surface area contributed by atoms with Gasteiger partial charge in [0.2, 0.25) is 0 Å². The summed E-state index contributed by atoms with van der Waals surface area (Å²) in [6, 6.07) is 10.3. The summed E-state index contributed by atoms with van der Waals surface area (Å²) in [6.45, 7) is 0. The molecule has 1 aromatic rings. The van der Waals surface area contributed by atoms with Crippen molar-refractivity contribution < 1.29 is 0 Å². The van der Waals surface area contributed by atoms with Crippen LogP contribution < -0.4 is 0 Å².